The van der Waals surface area contributed by atoms with Gasteiger partial charge in [0.25, 0.3) is 0 Å². The summed E-state index contributed by atoms with van der Waals surface area (Å²) in [4.78, 5) is 13.1. The van der Waals surface area contributed by atoms with Crippen molar-refractivity contribution in [3.8, 4) is 21.8 Å². The third-order valence-corrected chi connectivity index (χ3v) is 6.83. The minimum absolute atomic E-state index is 0.218. The van der Waals surface area contributed by atoms with Gasteiger partial charge in [0.05, 0.1) is 22.9 Å². The summed E-state index contributed by atoms with van der Waals surface area (Å²) in [7, 11) is 0. The highest BCUT2D eigenvalue weighted by molar-refractivity contribution is 7.14. The summed E-state index contributed by atoms with van der Waals surface area (Å²) in [5.41, 5.74) is 6.65. The summed E-state index contributed by atoms with van der Waals surface area (Å²) < 4.78 is 13.7. The monoisotopic (exact) mass is 496 g/mol. The molecule has 36 heavy (non-hydrogen) atoms. The zero-order valence-corrected chi connectivity index (χ0v) is 20.8. The Morgan fingerprint density at radius 2 is 2.06 bits per heavy atom. The van der Waals surface area contributed by atoms with Crippen molar-refractivity contribution in [2.45, 2.75) is 20.3 Å². The molecule has 0 unspecified atom stereocenters. The van der Waals surface area contributed by atoms with Gasteiger partial charge in [-0.15, -0.1) is 11.3 Å². The average molecular weight is 497 g/mol. The van der Waals surface area contributed by atoms with Crippen LogP contribution in [0.5, 0.6) is 0 Å². The van der Waals surface area contributed by atoms with E-state index in [9.17, 15) is 4.39 Å². The molecule has 5 aromatic rings. The SMILES string of the molecule is C=C(CC)Nc1cncc(C(=C)/C=c2/c(-c3cc4c(-c5ccc(F)s5)ccnc4[nH]3)n[nH]/c2=C/C)c1. The molecule has 0 radical (unpaired) electrons. The molecule has 8 heteroatoms. The van der Waals surface area contributed by atoms with Crippen LogP contribution in [0, 0.1) is 5.13 Å². The summed E-state index contributed by atoms with van der Waals surface area (Å²) in [6.07, 6.45) is 10.1. The van der Waals surface area contributed by atoms with E-state index in [1.807, 2.05) is 44.2 Å². The van der Waals surface area contributed by atoms with Gasteiger partial charge in [-0.05, 0) is 55.3 Å². The molecule has 0 saturated heterocycles. The van der Waals surface area contributed by atoms with Gasteiger partial charge in [-0.2, -0.15) is 9.49 Å². The van der Waals surface area contributed by atoms with E-state index < -0.39 is 0 Å². The zero-order chi connectivity index (χ0) is 25.2. The third-order valence-electron chi connectivity index (χ3n) is 5.92. The van der Waals surface area contributed by atoms with E-state index in [1.165, 1.54) is 6.07 Å². The molecule has 0 amide bonds. The van der Waals surface area contributed by atoms with Crippen LogP contribution in [0.3, 0.4) is 0 Å². The van der Waals surface area contributed by atoms with Gasteiger partial charge in [-0.1, -0.05) is 26.2 Å². The Morgan fingerprint density at radius 1 is 1.19 bits per heavy atom. The lowest BCUT2D eigenvalue weighted by Crippen LogP contribution is -2.23. The third kappa shape index (κ3) is 4.50. The molecular formula is C28H25FN6S. The van der Waals surface area contributed by atoms with E-state index >= 15 is 0 Å². The number of nitrogens with one attached hydrogen (secondary N) is 3. The van der Waals surface area contributed by atoms with Gasteiger partial charge in [-0.25, -0.2) is 4.98 Å². The highest BCUT2D eigenvalue weighted by Crippen LogP contribution is 2.34. The maximum atomic E-state index is 13.7. The molecule has 5 rings (SSSR count). The van der Waals surface area contributed by atoms with Crippen LogP contribution < -0.4 is 15.9 Å². The maximum Gasteiger partial charge on any atom is 0.176 e. The molecule has 3 N–H and O–H groups in total. The molecule has 0 spiro atoms. The summed E-state index contributed by atoms with van der Waals surface area (Å²) >= 11 is 1.11. The fourth-order valence-electron chi connectivity index (χ4n) is 4.00. The minimum atomic E-state index is -0.218. The zero-order valence-electron chi connectivity index (χ0n) is 20.0. The molecule has 0 atom stereocenters. The molecule has 0 bridgehead atoms. The molecule has 6 nitrogen and oxygen atoms in total. The summed E-state index contributed by atoms with van der Waals surface area (Å²) in [6, 6.07) is 9.18. The first-order valence-electron chi connectivity index (χ1n) is 11.5. The Hall–Kier alpha value is -4.30. The Labute approximate surface area is 211 Å². The van der Waals surface area contributed by atoms with Crippen LogP contribution in [0.15, 0.2) is 67.8 Å². The Balaban J connectivity index is 1.58. The number of nitrogens with zero attached hydrogens (tertiary/aromatic N) is 3. The molecule has 0 saturated carbocycles. The lowest BCUT2D eigenvalue weighted by molar-refractivity contribution is 0.657. The Morgan fingerprint density at radius 3 is 2.81 bits per heavy atom. The number of aromatic amines is 2. The van der Waals surface area contributed by atoms with Crippen molar-refractivity contribution < 1.29 is 4.39 Å². The number of fused-ring (bicyclic) bond motifs is 1. The minimum Gasteiger partial charge on any atom is -0.358 e. The molecule has 0 aromatic carbocycles. The van der Waals surface area contributed by atoms with Crippen molar-refractivity contribution in [2.75, 3.05) is 5.32 Å². The molecule has 5 heterocycles. The fraction of sp³-hybridized carbons (Fsp3) is 0.107. The first-order chi connectivity index (χ1) is 17.5. The number of H-pyrrole nitrogens is 2. The van der Waals surface area contributed by atoms with E-state index in [4.69, 9.17) is 0 Å². The second-order valence-corrected chi connectivity index (χ2v) is 9.34. The first-order valence-corrected chi connectivity index (χ1v) is 12.3. The van der Waals surface area contributed by atoms with Crippen LogP contribution in [0.25, 0.3) is 50.6 Å². The summed E-state index contributed by atoms with van der Waals surface area (Å²) in [5.74, 6) is 0. The van der Waals surface area contributed by atoms with Crippen LogP contribution >= 0.6 is 11.3 Å². The highest BCUT2D eigenvalue weighted by atomic mass is 32.1. The molecule has 180 valence electrons. The molecule has 0 fully saturated rings. The molecular weight excluding hydrogens is 471 g/mol. The van der Waals surface area contributed by atoms with E-state index in [2.05, 4.69) is 43.6 Å². The normalized spacial score (nSPS) is 12.4. The van der Waals surface area contributed by atoms with Crippen molar-refractivity contribution in [1.29, 1.82) is 0 Å². The standard InChI is InChI=1S/C28H25FN6S/c1-5-17(4)32-19-12-18(14-30-15-19)16(3)11-22-23(6-2)34-35-27(22)24-13-21-20(9-10-31-28(21)33-24)25-7-8-26(29)36-25/h6-15,32,34H,3-5H2,1-2H3,(H,31,33)/b22-11+,23-6+. The van der Waals surface area contributed by atoms with Crippen LogP contribution in [0.1, 0.15) is 25.8 Å². The molecule has 0 aliphatic rings. The van der Waals surface area contributed by atoms with Crippen molar-refractivity contribution in [3.05, 3.63) is 89.0 Å². The highest BCUT2D eigenvalue weighted by Gasteiger charge is 2.14. The first kappa shape index (κ1) is 23.4. The average Bonchev–Trinajstić information content (AvgIpc) is 3.61. The topological polar surface area (TPSA) is 82.3 Å². The number of rotatable bonds is 7. The smallest absolute Gasteiger partial charge is 0.176 e. The van der Waals surface area contributed by atoms with Crippen molar-refractivity contribution in [3.63, 3.8) is 0 Å². The lowest BCUT2D eigenvalue weighted by atomic mass is 10.1. The van der Waals surface area contributed by atoms with Crippen LogP contribution in [-0.2, 0) is 0 Å². The lowest BCUT2D eigenvalue weighted by Gasteiger charge is -2.08. The number of hydrogen-bond donors (Lipinski definition) is 3. The number of aromatic nitrogens is 5. The van der Waals surface area contributed by atoms with Gasteiger partial charge >= 0.3 is 0 Å². The van der Waals surface area contributed by atoms with Gasteiger partial charge < -0.3 is 10.3 Å². The van der Waals surface area contributed by atoms with Crippen molar-refractivity contribution in [2.24, 2.45) is 0 Å². The van der Waals surface area contributed by atoms with Crippen molar-refractivity contribution >= 4 is 45.8 Å². The van der Waals surface area contributed by atoms with Gasteiger partial charge in [-0.3, -0.25) is 10.1 Å². The Kier molecular flexibility index (Phi) is 6.35. The van der Waals surface area contributed by atoms with Gasteiger partial charge in [0.2, 0.25) is 0 Å². The van der Waals surface area contributed by atoms with Crippen LogP contribution in [0.4, 0.5) is 10.1 Å². The second-order valence-electron chi connectivity index (χ2n) is 8.31. The fourth-order valence-corrected chi connectivity index (χ4v) is 4.77. The molecule has 0 aliphatic carbocycles. The summed E-state index contributed by atoms with van der Waals surface area (Å²) in [6.45, 7) is 12.3. The molecule has 0 aliphatic heterocycles. The number of halogens is 1. The predicted molar refractivity (Wildman–Crippen MR) is 147 cm³/mol. The molecule has 5 aromatic heterocycles. The van der Waals surface area contributed by atoms with Crippen molar-refractivity contribution in [1.82, 2.24) is 25.1 Å². The van der Waals surface area contributed by atoms with E-state index in [0.29, 0.717) is 5.65 Å². The quantitative estimate of drug-likeness (QED) is 0.264. The predicted octanol–water partition coefficient (Wildman–Crippen LogP) is 5.85. The number of hydrogen-bond acceptors (Lipinski definition) is 5. The van der Waals surface area contributed by atoms with Crippen LogP contribution in [0.2, 0.25) is 0 Å². The number of pyridine rings is 2. The van der Waals surface area contributed by atoms with E-state index in [1.54, 1.807) is 24.7 Å². The number of allylic oxidation sites excluding steroid dienone is 2. The summed E-state index contributed by atoms with van der Waals surface area (Å²) in [5, 5.41) is 13.4. The number of thiophene rings is 1. The van der Waals surface area contributed by atoms with Gasteiger partial charge in [0, 0.05) is 44.7 Å². The van der Waals surface area contributed by atoms with Gasteiger partial charge in [0.1, 0.15) is 11.3 Å². The maximum absolute atomic E-state index is 13.7. The van der Waals surface area contributed by atoms with Gasteiger partial charge in [0.15, 0.2) is 5.13 Å². The van der Waals surface area contributed by atoms with Crippen LogP contribution in [-0.4, -0.2) is 25.1 Å². The van der Waals surface area contributed by atoms with E-state index in [-0.39, 0.29) is 5.13 Å². The number of anilines is 1. The second kappa shape index (κ2) is 9.75. The largest absolute Gasteiger partial charge is 0.358 e. The van der Waals surface area contributed by atoms with E-state index in [0.717, 1.165) is 78.1 Å². The Bertz CT molecular complexity index is 1720.